The highest BCUT2D eigenvalue weighted by Gasteiger charge is 2.24. The molecule has 7 heteroatoms. The van der Waals surface area contributed by atoms with Gasteiger partial charge < -0.3 is 4.90 Å². The number of aromatic nitrogens is 1. The Kier molecular flexibility index (Phi) is 3.93. The summed E-state index contributed by atoms with van der Waals surface area (Å²) in [6, 6.07) is 0. The molecule has 1 aromatic heterocycles. The number of anilines is 1. The smallest absolute Gasteiger partial charge is 0.249 e. The van der Waals surface area contributed by atoms with Gasteiger partial charge in [0.1, 0.15) is 0 Å². The summed E-state index contributed by atoms with van der Waals surface area (Å²) >= 11 is 1.16. The minimum atomic E-state index is -3.62. The van der Waals surface area contributed by atoms with Crippen molar-refractivity contribution in [3.05, 3.63) is 6.20 Å². The van der Waals surface area contributed by atoms with Crippen molar-refractivity contribution in [2.45, 2.75) is 30.9 Å². The monoisotopic (exact) mass is 289 g/mol. The Balaban J connectivity index is 2.04. The molecule has 2 heterocycles. The third kappa shape index (κ3) is 3.02. The molecule has 0 saturated carbocycles. The Morgan fingerprint density at radius 2 is 2.06 bits per heavy atom. The van der Waals surface area contributed by atoms with E-state index in [0.717, 1.165) is 48.3 Å². The Hall–Kier alpha value is -0.660. The van der Waals surface area contributed by atoms with E-state index < -0.39 is 10.0 Å². The molecule has 0 atom stereocenters. The average Bonchev–Trinajstić information content (AvgIpc) is 2.78. The number of hydrogen-bond donors (Lipinski definition) is 1. The van der Waals surface area contributed by atoms with E-state index in [1.54, 1.807) is 0 Å². The summed E-state index contributed by atoms with van der Waals surface area (Å²) in [6.07, 6.45) is 3.63. The molecule has 2 N–H and O–H groups in total. The topological polar surface area (TPSA) is 76.3 Å². The summed E-state index contributed by atoms with van der Waals surface area (Å²) in [5.74, 6) is 1.47. The minimum Gasteiger partial charge on any atom is -0.348 e. The van der Waals surface area contributed by atoms with Crippen LogP contribution in [0.3, 0.4) is 0 Å². The first-order chi connectivity index (χ1) is 8.38. The summed E-state index contributed by atoms with van der Waals surface area (Å²) < 4.78 is 22.5. The second-order valence-corrected chi connectivity index (χ2v) is 7.87. The maximum atomic E-state index is 11.2. The van der Waals surface area contributed by atoms with Gasteiger partial charge in [-0.2, -0.15) is 0 Å². The van der Waals surface area contributed by atoms with Gasteiger partial charge in [-0.25, -0.2) is 18.5 Å². The summed E-state index contributed by atoms with van der Waals surface area (Å²) in [7, 11) is -3.62. The lowest BCUT2D eigenvalue weighted by molar-refractivity contribution is 0.311. The predicted molar refractivity (Wildman–Crippen MR) is 73.3 cm³/mol. The molecule has 0 amide bonds. The van der Waals surface area contributed by atoms with E-state index in [0.29, 0.717) is 5.92 Å². The summed E-state index contributed by atoms with van der Waals surface area (Å²) in [6.45, 7) is 6.40. The molecule has 1 fully saturated rings. The Morgan fingerprint density at radius 1 is 1.44 bits per heavy atom. The van der Waals surface area contributed by atoms with Crippen LogP contribution in [0.25, 0.3) is 0 Å². The highest BCUT2D eigenvalue weighted by atomic mass is 32.2. The number of primary sulfonamides is 1. The summed E-state index contributed by atoms with van der Waals surface area (Å²) in [4.78, 5) is 6.31. The van der Waals surface area contributed by atoms with E-state index >= 15 is 0 Å². The van der Waals surface area contributed by atoms with Crippen LogP contribution in [0.5, 0.6) is 0 Å². The number of hydrogen-bond acceptors (Lipinski definition) is 5. The van der Waals surface area contributed by atoms with Crippen molar-refractivity contribution in [3.8, 4) is 0 Å². The molecule has 0 radical (unpaired) electrons. The Bertz CT molecular complexity index is 502. The van der Waals surface area contributed by atoms with E-state index in [2.05, 4.69) is 23.7 Å². The van der Waals surface area contributed by atoms with Gasteiger partial charge in [-0.1, -0.05) is 25.2 Å². The highest BCUT2D eigenvalue weighted by Crippen LogP contribution is 2.31. The summed E-state index contributed by atoms with van der Waals surface area (Å²) in [5, 5.41) is 5.85. The molecule has 0 aromatic carbocycles. The average molecular weight is 289 g/mol. The maximum Gasteiger partial charge on any atom is 0.249 e. The number of nitrogens with two attached hydrogens (primary N) is 1. The van der Waals surface area contributed by atoms with E-state index in [4.69, 9.17) is 5.14 Å². The summed E-state index contributed by atoms with van der Waals surface area (Å²) in [5.41, 5.74) is 0. The molecule has 0 unspecified atom stereocenters. The Labute approximate surface area is 112 Å². The molecule has 0 spiro atoms. The van der Waals surface area contributed by atoms with Crippen LogP contribution < -0.4 is 10.0 Å². The van der Waals surface area contributed by atoms with Crippen molar-refractivity contribution in [3.63, 3.8) is 0 Å². The zero-order chi connectivity index (χ0) is 13.3. The second kappa shape index (κ2) is 5.14. The van der Waals surface area contributed by atoms with Crippen molar-refractivity contribution in [1.82, 2.24) is 4.98 Å². The molecule has 0 aliphatic carbocycles. The van der Waals surface area contributed by atoms with Crippen molar-refractivity contribution in [2.75, 3.05) is 18.0 Å². The largest absolute Gasteiger partial charge is 0.348 e. The van der Waals surface area contributed by atoms with Gasteiger partial charge in [-0.3, -0.25) is 0 Å². The van der Waals surface area contributed by atoms with E-state index in [1.165, 1.54) is 6.20 Å². The van der Waals surface area contributed by atoms with Gasteiger partial charge in [0.2, 0.25) is 10.0 Å². The standard InChI is InChI=1S/C11H19N3O2S2/c1-8(2)9-3-5-14(6-4-9)11-13-7-10(17-11)18(12,15)16/h7-9H,3-6H2,1-2H3,(H2,12,15,16). The second-order valence-electron chi connectivity index (χ2n) is 5.08. The van der Waals surface area contributed by atoms with Crippen LogP contribution in [0.2, 0.25) is 0 Å². The highest BCUT2D eigenvalue weighted by molar-refractivity contribution is 7.91. The zero-order valence-corrected chi connectivity index (χ0v) is 12.3. The number of rotatable bonds is 3. The number of sulfonamides is 1. The molecular formula is C11H19N3O2S2. The van der Waals surface area contributed by atoms with Gasteiger partial charge in [-0.05, 0) is 24.7 Å². The third-order valence-corrected chi connectivity index (χ3v) is 5.97. The molecule has 0 bridgehead atoms. The molecule has 1 aliphatic rings. The van der Waals surface area contributed by atoms with E-state index in [-0.39, 0.29) is 4.21 Å². The molecule has 2 rings (SSSR count). The molecular weight excluding hydrogens is 270 g/mol. The van der Waals surface area contributed by atoms with Crippen LogP contribution in [0.15, 0.2) is 10.4 Å². The predicted octanol–water partition coefficient (Wildman–Crippen LogP) is 1.66. The van der Waals surface area contributed by atoms with Gasteiger partial charge in [0.25, 0.3) is 0 Å². The fourth-order valence-electron chi connectivity index (χ4n) is 2.29. The van der Waals surface area contributed by atoms with Crippen molar-refractivity contribution < 1.29 is 8.42 Å². The van der Waals surface area contributed by atoms with E-state index in [1.807, 2.05) is 0 Å². The van der Waals surface area contributed by atoms with Gasteiger partial charge >= 0.3 is 0 Å². The molecule has 1 aliphatic heterocycles. The van der Waals surface area contributed by atoms with Gasteiger partial charge in [-0.15, -0.1) is 0 Å². The van der Waals surface area contributed by atoms with Gasteiger partial charge in [0.15, 0.2) is 9.34 Å². The van der Waals surface area contributed by atoms with Crippen LogP contribution in [-0.4, -0.2) is 26.5 Å². The molecule has 1 aromatic rings. The van der Waals surface area contributed by atoms with Crippen molar-refractivity contribution >= 4 is 26.5 Å². The lowest BCUT2D eigenvalue weighted by Crippen LogP contribution is -2.35. The number of thiazole rings is 1. The molecule has 18 heavy (non-hydrogen) atoms. The van der Waals surface area contributed by atoms with Gasteiger partial charge in [0.05, 0.1) is 6.20 Å². The van der Waals surface area contributed by atoms with Crippen molar-refractivity contribution in [1.29, 1.82) is 0 Å². The fourth-order valence-corrected chi connectivity index (χ4v) is 3.88. The Morgan fingerprint density at radius 3 is 2.50 bits per heavy atom. The van der Waals surface area contributed by atoms with Crippen LogP contribution in [0.1, 0.15) is 26.7 Å². The molecule has 5 nitrogen and oxygen atoms in total. The zero-order valence-electron chi connectivity index (χ0n) is 10.7. The fraction of sp³-hybridized carbons (Fsp3) is 0.727. The van der Waals surface area contributed by atoms with Crippen LogP contribution >= 0.6 is 11.3 Å². The molecule has 1 saturated heterocycles. The van der Waals surface area contributed by atoms with Crippen LogP contribution in [-0.2, 0) is 10.0 Å². The minimum absolute atomic E-state index is 0.142. The lowest BCUT2D eigenvalue weighted by Gasteiger charge is -2.33. The maximum absolute atomic E-state index is 11.2. The van der Waals surface area contributed by atoms with Crippen molar-refractivity contribution in [2.24, 2.45) is 17.0 Å². The number of nitrogens with zero attached hydrogens (tertiary/aromatic N) is 2. The SMILES string of the molecule is CC(C)C1CCN(c2ncc(S(N)(=O)=O)s2)CC1. The van der Waals surface area contributed by atoms with Crippen LogP contribution in [0, 0.1) is 11.8 Å². The van der Waals surface area contributed by atoms with Gasteiger partial charge in [0, 0.05) is 13.1 Å². The lowest BCUT2D eigenvalue weighted by atomic mass is 9.87. The first-order valence-electron chi connectivity index (χ1n) is 6.11. The normalized spacial score (nSPS) is 18.6. The molecule has 102 valence electrons. The van der Waals surface area contributed by atoms with E-state index in [9.17, 15) is 8.42 Å². The first-order valence-corrected chi connectivity index (χ1v) is 8.48. The van der Waals surface area contributed by atoms with Crippen LogP contribution in [0.4, 0.5) is 5.13 Å². The number of piperidine rings is 1. The first kappa shape index (κ1) is 13.8. The third-order valence-electron chi connectivity index (χ3n) is 3.51. The quantitative estimate of drug-likeness (QED) is 0.918.